The Bertz CT molecular complexity index is 1250. The smallest absolute Gasteiger partial charge is 0.268 e. The number of hydrogen-bond acceptors (Lipinski definition) is 7. The predicted molar refractivity (Wildman–Crippen MR) is 129 cm³/mol. The largest absolute Gasteiger partial charge is 0.355 e. The Labute approximate surface area is 211 Å². The number of amides is 4. The minimum Gasteiger partial charge on any atom is -0.355 e. The highest BCUT2D eigenvalue weighted by atomic mass is 19.3. The molecule has 0 radical (unpaired) electrons. The van der Waals surface area contributed by atoms with Crippen molar-refractivity contribution in [2.45, 2.75) is 31.2 Å². The summed E-state index contributed by atoms with van der Waals surface area (Å²) in [5.74, 6) is -5.21. The minimum absolute atomic E-state index is 0.00436. The molecule has 4 N–H and O–H groups in total. The number of aromatic nitrogens is 1. The fourth-order valence-electron chi connectivity index (χ4n) is 3.92. The van der Waals surface area contributed by atoms with E-state index in [1.165, 1.54) is 24.2 Å². The number of nitriles is 1. The third-order valence-electron chi connectivity index (χ3n) is 5.90. The lowest BCUT2D eigenvalue weighted by molar-refractivity contribution is -0.131. The number of rotatable bonds is 9. The summed E-state index contributed by atoms with van der Waals surface area (Å²) in [6.07, 6.45) is 0.619. The summed E-state index contributed by atoms with van der Waals surface area (Å²) in [7, 11) is 1.54. The molecule has 13 heteroatoms. The van der Waals surface area contributed by atoms with Crippen LogP contribution in [0.5, 0.6) is 0 Å². The van der Waals surface area contributed by atoms with Gasteiger partial charge in [-0.1, -0.05) is 0 Å². The number of alkyl halides is 2. The lowest BCUT2D eigenvalue weighted by Gasteiger charge is -2.20. The number of carbonyl (C=O) groups excluding carboxylic acids is 4. The van der Waals surface area contributed by atoms with E-state index in [0.717, 1.165) is 4.90 Å². The second-order valence-corrected chi connectivity index (χ2v) is 8.56. The summed E-state index contributed by atoms with van der Waals surface area (Å²) in [5.41, 5.74) is 6.40. The molecule has 4 amide bonds. The van der Waals surface area contributed by atoms with Crippen LogP contribution in [0.25, 0.3) is 10.9 Å². The molecule has 1 aliphatic rings. The number of benzene rings is 1. The number of likely N-dealkylation sites (tertiary alicyclic amines) is 1. The number of nitrogens with two attached hydrogens (primary N) is 1. The van der Waals surface area contributed by atoms with E-state index in [-0.39, 0.29) is 30.2 Å². The SMILES string of the molecule is CN(C(=O)CCC(=O)NCCN)c1ccc2nccc(C(=O)NCC(=O)N3CC(F)(F)CC3C#N)c2c1. The van der Waals surface area contributed by atoms with Gasteiger partial charge in [0.15, 0.2) is 0 Å². The Morgan fingerprint density at radius 2 is 2.00 bits per heavy atom. The molecule has 1 saturated heterocycles. The van der Waals surface area contributed by atoms with Gasteiger partial charge < -0.3 is 26.2 Å². The van der Waals surface area contributed by atoms with Crippen molar-refractivity contribution in [3.63, 3.8) is 0 Å². The van der Waals surface area contributed by atoms with Gasteiger partial charge >= 0.3 is 0 Å². The van der Waals surface area contributed by atoms with E-state index in [2.05, 4.69) is 15.6 Å². The molecule has 1 atom stereocenters. The van der Waals surface area contributed by atoms with Crippen LogP contribution in [-0.2, 0) is 14.4 Å². The third-order valence-corrected chi connectivity index (χ3v) is 5.90. The summed E-state index contributed by atoms with van der Waals surface area (Å²) in [4.78, 5) is 56.0. The highest BCUT2D eigenvalue weighted by Gasteiger charge is 2.47. The number of nitrogens with one attached hydrogen (secondary N) is 2. The van der Waals surface area contributed by atoms with E-state index >= 15 is 0 Å². The quantitative estimate of drug-likeness (QED) is 0.439. The van der Waals surface area contributed by atoms with Crippen LogP contribution in [0.4, 0.5) is 14.5 Å². The molecule has 0 saturated carbocycles. The topological polar surface area (TPSA) is 162 Å². The normalized spacial score (nSPS) is 16.2. The van der Waals surface area contributed by atoms with Crippen LogP contribution in [0.3, 0.4) is 0 Å². The average Bonchev–Trinajstić information content (AvgIpc) is 3.22. The first-order valence-electron chi connectivity index (χ1n) is 11.5. The van der Waals surface area contributed by atoms with Gasteiger partial charge in [-0.05, 0) is 24.3 Å². The van der Waals surface area contributed by atoms with E-state index < -0.39 is 43.3 Å². The van der Waals surface area contributed by atoms with Gasteiger partial charge in [0.1, 0.15) is 6.04 Å². The highest BCUT2D eigenvalue weighted by molar-refractivity contribution is 6.08. The molecule has 2 aromatic rings. The lowest BCUT2D eigenvalue weighted by Crippen LogP contribution is -2.43. The van der Waals surface area contributed by atoms with Crippen LogP contribution in [0.2, 0.25) is 0 Å². The van der Waals surface area contributed by atoms with Gasteiger partial charge in [0.2, 0.25) is 17.7 Å². The van der Waals surface area contributed by atoms with Crippen LogP contribution < -0.4 is 21.3 Å². The fraction of sp³-hybridized carbons (Fsp3) is 0.417. The first-order chi connectivity index (χ1) is 17.6. The van der Waals surface area contributed by atoms with Crippen molar-refractivity contribution >= 4 is 40.2 Å². The number of anilines is 1. The van der Waals surface area contributed by atoms with E-state index in [0.29, 0.717) is 29.7 Å². The minimum atomic E-state index is -3.16. The zero-order chi connectivity index (χ0) is 27.2. The van der Waals surface area contributed by atoms with Gasteiger partial charge in [-0.3, -0.25) is 24.2 Å². The summed E-state index contributed by atoms with van der Waals surface area (Å²) < 4.78 is 27.3. The Morgan fingerprint density at radius 3 is 2.70 bits per heavy atom. The van der Waals surface area contributed by atoms with Gasteiger partial charge in [-0.15, -0.1) is 0 Å². The van der Waals surface area contributed by atoms with Crippen molar-refractivity contribution in [1.29, 1.82) is 5.26 Å². The summed E-state index contributed by atoms with van der Waals surface area (Å²) in [5, 5.41) is 14.5. The van der Waals surface area contributed by atoms with Gasteiger partial charge in [0.05, 0.1) is 30.2 Å². The van der Waals surface area contributed by atoms with Crippen molar-refractivity contribution in [3.05, 3.63) is 36.0 Å². The highest BCUT2D eigenvalue weighted by Crippen LogP contribution is 2.31. The molecule has 0 bridgehead atoms. The monoisotopic (exact) mass is 515 g/mol. The number of carbonyl (C=O) groups is 4. The molecule has 196 valence electrons. The van der Waals surface area contributed by atoms with Gasteiger partial charge in [-0.2, -0.15) is 5.26 Å². The molecular weight excluding hydrogens is 488 g/mol. The molecule has 3 rings (SSSR count). The Morgan fingerprint density at radius 1 is 1.24 bits per heavy atom. The van der Waals surface area contributed by atoms with Gasteiger partial charge in [0, 0.05) is 56.7 Å². The van der Waals surface area contributed by atoms with Crippen LogP contribution in [0, 0.1) is 11.3 Å². The second kappa shape index (κ2) is 11.7. The van der Waals surface area contributed by atoms with E-state index in [1.807, 2.05) is 0 Å². The predicted octanol–water partition coefficient (Wildman–Crippen LogP) is 0.542. The van der Waals surface area contributed by atoms with Crippen LogP contribution in [0.15, 0.2) is 30.5 Å². The molecule has 2 heterocycles. The Balaban J connectivity index is 1.70. The first-order valence-corrected chi connectivity index (χ1v) is 11.5. The summed E-state index contributed by atoms with van der Waals surface area (Å²) in [6, 6.07) is 6.70. The third kappa shape index (κ3) is 6.73. The summed E-state index contributed by atoms with van der Waals surface area (Å²) >= 11 is 0. The van der Waals surface area contributed by atoms with E-state index in [9.17, 15) is 28.0 Å². The second-order valence-electron chi connectivity index (χ2n) is 8.56. The fourth-order valence-corrected chi connectivity index (χ4v) is 3.92. The number of hydrogen-bond donors (Lipinski definition) is 3. The standard InChI is InChI=1S/C24H27F2N7O4/c1-32(21(35)5-4-20(34)30-9-7-27)15-2-3-19-18(10-15)17(6-8-29-19)23(37)31-13-22(36)33-14-24(25,26)11-16(33)12-28/h2-3,6,8,10,16H,4-5,7,9,11,13-14,27H2,1H3,(H,30,34)(H,31,37). The molecule has 1 fully saturated rings. The van der Waals surface area contributed by atoms with Crippen molar-refractivity contribution < 1.29 is 28.0 Å². The van der Waals surface area contributed by atoms with Crippen molar-refractivity contribution in [3.8, 4) is 6.07 Å². The molecule has 11 nitrogen and oxygen atoms in total. The zero-order valence-electron chi connectivity index (χ0n) is 20.2. The lowest BCUT2D eigenvalue weighted by atomic mass is 10.1. The van der Waals surface area contributed by atoms with Crippen LogP contribution >= 0.6 is 0 Å². The number of fused-ring (bicyclic) bond motifs is 1. The maximum atomic E-state index is 13.6. The molecule has 1 aliphatic heterocycles. The number of nitrogens with zero attached hydrogens (tertiary/aromatic N) is 4. The zero-order valence-corrected chi connectivity index (χ0v) is 20.2. The van der Waals surface area contributed by atoms with Crippen LogP contribution in [-0.4, -0.2) is 78.7 Å². The van der Waals surface area contributed by atoms with Gasteiger partial charge in [-0.25, -0.2) is 8.78 Å². The molecule has 37 heavy (non-hydrogen) atoms. The van der Waals surface area contributed by atoms with Crippen molar-refractivity contribution in [2.75, 3.05) is 38.1 Å². The van der Waals surface area contributed by atoms with Crippen LogP contribution in [0.1, 0.15) is 29.6 Å². The van der Waals surface area contributed by atoms with Gasteiger partial charge in [0.25, 0.3) is 11.8 Å². The van der Waals surface area contributed by atoms with Crippen molar-refractivity contribution in [1.82, 2.24) is 20.5 Å². The maximum Gasteiger partial charge on any atom is 0.268 e. The van der Waals surface area contributed by atoms with Crippen molar-refractivity contribution in [2.24, 2.45) is 5.73 Å². The molecule has 0 aliphatic carbocycles. The number of halogens is 2. The van der Waals surface area contributed by atoms with E-state index in [1.54, 1.807) is 24.3 Å². The Hall–Kier alpha value is -4.18. The average molecular weight is 516 g/mol. The maximum absolute atomic E-state index is 13.6. The molecule has 1 aromatic carbocycles. The summed E-state index contributed by atoms with van der Waals surface area (Å²) in [6.45, 7) is -0.832. The van der Waals surface area contributed by atoms with E-state index in [4.69, 9.17) is 11.0 Å². The molecular formula is C24H27F2N7O4. The first kappa shape index (κ1) is 27.4. The molecule has 1 aromatic heterocycles. The molecule has 1 unspecified atom stereocenters. The molecule has 0 spiro atoms. The number of pyridine rings is 1. The Kier molecular flexibility index (Phi) is 8.67.